The minimum Gasteiger partial charge on any atom is -0.497 e. The van der Waals surface area contributed by atoms with Crippen molar-refractivity contribution >= 4 is 44.6 Å². The van der Waals surface area contributed by atoms with Crippen molar-refractivity contribution in [3.8, 4) is 5.75 Å². The average Bonchev–Trinajstić information content (AvgIpc) is 2.38. The van der Waals surface area contributed by atoms with Crippen LogP contribution in [0.25, 0.3) is 0 Å². The number of anilines is 3. The smallest absolute Gasteiger partial charge is 0.121 e. The summed E-state index contributed by atoms with van der Waals surface area (Å²) in [6, 6.07) is 9.29. The molecule has 0 aliphatic carbocycles. The van der Waals surface area contributed by atoms with E-state index in [2.05, 4.69) is 21.2 Å². The third-order valence-corrected chi connectivity index (χ3v) is 3.78. The van der Waals surface area contributed by atoms with Gasteiger partial charge in [0.1, 0.15) is 5.75 Å². The lowest BCUT2D eigenvalue weighted by Crippen LogP contribution is -1.97. The molecule has 2 aromatic carbocycles. The largest absolute Gasteiger partial charge is 0.497 e. The Kier molecular flexibility index (Phi) is 4.22. The molecule has 3 nitrogen and oxygen atoms in total. The number of aryl methyl sites for hydroxylation is 1. The van der Waals surface area contributed by atoms with E-state index in [1.165, 1.54) is 0 Å². The molecule has 0 aromatic heterocycles. The standard InChI is InChI=1S/C14H14BrClN2O/c1-8-5-13(10(15)7-12(8)17)18-14-6-9(19-2)3-4-11(14)16/h3-7,18H,17H2,1-2H3. The highest BCUT2D eigenvalue weighted by Gasteiger charge is 2.07. The molecule has 0 amide bonds. The van der Waals surface area contributed by atoms with Gasteiger partial charge in [-0.15, -0.1) is 0 Å². The first kappa shape index (κ1) is 14.0. The van der Waals surface area contributed by atoms with Crippen molar-refractivity contribution in [3.05, 3.63) is 45.4 Å². The molecule has 0 atom stereocenters. The molecular formula is C14H14BrClN2O. The van der Waals surface area contributed by atoms with E-state index in [-0.39, 0.29) is 0 Å². The normalized spacial score (nSPS) is 10.3. The van der Waals surface area contributed by atoms with E-state index in [0.29, 0.717) is 5.02 Å². The SMILES string of the molecule is COc1ccc(Cl)c(Nc2cc(C)c(N)cc2Br)c1. The molecule has 0 spiro atoms. The first-order valence-electron chi connectivity index (χ1n) is 5.67. The molecule has 0 unspecified atom stereocenters. The number of nitrogens with two attached hydrogens (primary N) is 1. The summed E-state index contributed by atoms with van der Waals surface area (Å²) in [5, 5.41) is 3.90. The highest BCUT2D eigenvalue weighted by atomic mass is 79.9. The number of nitrogens with one attached hydrogen (secondary N) is 1. The van der Waals surface area contributed by atoms with Crippen LogP contribution in [0, 0.1) is 6.92 Å². The van der Waals surface area contributed by atoms with Gasteiger partial charge in [0.25, 0.3) is 0 Å². The Bertz CT molecular complexity index is 617. The molecule has 5 heteroatoms. The highest BCUT2D eigenvalue weighted by Crippen LogP contribution is 2.34. The third kappa shape index (κ3) is 3.14. The van der Waals surface area contributed by atoms with Crippen molar-refractivity contribution in [2.75, 3.05) is 18.2 Å². The Morgan fingerprint density at radius 1 is 1.21 bits per heavy atom. The molecule has 2 rings (SSSR count). The quantitative estimate of drug-likeness (QED) is 0.792. The predicted octanol–water partition coefficient (Wildman–Crippen LogP) is 4.75. The zero-order chi connectivity index (χ0) is 14.0. The second-order valence-electron chi connectivity index (χ2n) is 4.16. The van der Waals surface area contributed by atoms with Crippen LogP contribution in [0.2, 0.25) is 5.02 Å². The fraction of sp³-hybridized carbons (Fsp3) is 0.143. The van der Waals surface area contributed by atoms with Crippen LogP contribution in [-0.4, -0.2) is 7.11 Å². The number of nitrogen functional groups attached to an aromatic ring is 1. The second-order valence-corrected chi connectivity index (χ2v) is 5.42. The fourth-order valence-corrected chi connectivity index (χ4v) is 2.29. The van der Waals surface area contributed by atoms with Gasteiger partial charge >= 0.3 is 0 Å². The number of hydrogen-bond acceptors (Lipinski definition) is 3. The van der Waals surface area contributed by atoms with Crippen LogP contribution in [-0.2, 0) is 0 Å². The fourth-order valence-electron chi connectivity index (χ4n) is 1.66. The number of hydrogen-bond donors (Lipinski definition) is 2. The maximum atomic E-state index is 6.17. The van der Waals surface area contributed by atoms with Gasteiger partial charge in [-0.25, -0.2) is 0 Å². The van der Waals surface area contributed by atoms with Crippen molar-refractivity contribution in [3.63, 3.8) is 0 Å². The summed E-state index contributed by atoms with van der Waals surface area (Å²) in [5.41, 5.74) is 9.29. The Hall–Kier alpha value is -1.39. The zero-order valence-electron chi connectivity index (χ0n) is 10.6. The van der Waals surface area contributed by atoms with Crippen LogP contribution in [0.3, 0.4) is 0 Å². The summed E-state index contributed by atoms with van der Waals surface area (Å²) >= 11 is 9.65. The Morgan fingerprint density at radius 2 is 1.95 bits per heavy atom. The predicted molar refractivity (Wildman–Crippen MR) is 84.6 cm³/mol. The number of benzene rings is 2. The van der Waals surface area contributed by atoms with E-state index < -0.39 is 0 Å². The third-order valence-electron chi connectivity index (χ3n) is 2.80. The lowest BCUT2D eigenvalue weighted by molar-refractivity contribution is 0.415. The van der Waals surface area contributed by atoms with Gasteiger partial charge in [0.15, 0.2) is 0 Å². The minimum atomic E-state index is 0.627. The maximum Gasteiger partial charge on any atom is 0.121 e. The molecular weight excluding hydrogens is 328 g/mol. The van der Waals surface area contributed by atoms with E-state index in [1.54, 1.807) is 13.2 Å². The van der Waals surface area contributed by atoms with E-state index in [0.717, 1.165) is 32.8 Å². The molecule has 0 saturated carbocycles. The van der Waals surface area contributed by atoms with E-state index >= 15 is 0 Å². The number of methoxy groups -OCH3 is 1. The van der Waals surface area contributed by atoms with Crippen molar-refractivity contribution in [2.24, 2.45) is 0 Å². The summed E-state index contributed by atoms with van der Waals surface area (Å²) in [4.78, 5) is 0. The molecule has 2 aromatic rings. The van der Waals surface area contributed by atoms with Gasteiger partial charge in [0.2, 0.25) is 0 Å². The molecule has 0 saturated heterocycles. The highest BCUT2D eigenvalue weighted by molar-refractivity contribution is 9.10. The van der Waals surface area contributed by atoms with Crippen molar-refractivity contribution in [2.45, 2.75) is 6.92 Å². The molecule has 3 N–H and O–H groups in total. The lowest BCUT2D eigenvalue weighted by atomic mass is 10.2. The monoisotopic (exact) mass is 340 g/mol. The molecule has 0 bridgehead atoms. The molecule has 19 heavy (non-hydrogen) atoms. The maximum absolute atomic E-state index is 6.17. The van der Waals surface area contributed by atoms with Gasteiger partial charge < -0.3 is 15.8 Å². The van der Waals surface area contributed by atoms with Crippen molar-refractivity contribution in [1.29, 1.82) is 0 Å². The van der Waals surface area contributed by atoms with Gasteiger partial charge in [-0.05, 0) is 52.7 Å². The minimum absolute atomic E-state index is 0.627. The van der Waals surface area contributed by atoms with Crippen LogP contribution in [0.15, 0.2) is 34.8 Å². The summed E-state index contributed by atoms with van der Waals surface area (Å²) in [7, 11) is 1.62. The average molecular weight is 342 g/mol. The zero-order valence-corrected chi connectivity index (χ0v) is 13.0. The van der Waals surface area contributed by atoms with Gasteiger partial charge in [-0.1, -0.05) is 11.6 Å². The number of ether oxygens (including phenoxy) is 1. The van der Waals surface area contributed by atoms with Crippen molar-refractivity contribution in [1.82, 2.24) is 0 Å². The molecule has 0 heterocycles. The Labute approximate surface area is 125 Å². The van der Waals surface area contributed by atoms with Crippen LogP contribution >= 0.6 is 27.5 Å². The summed E-state index contributed by atoms with van der Waals surface area (Å²) in [6.07, 6.45) is 0. The summed E-state index contributed by atoms with van der Waals surface area (Å²) in [6.45, 7) is 1.96. The van der Waals surface area contributed by atoms with Crippen molar-refractivity contribution < 1.29 is 4.74 Å². The van der Waals surface area contributed by atoms with Gasteiger partial charge in [0, 0.05) is 16.2 Å². The van der Waals surface area contributed by atoms with Crippen LogP contribution in [0.5, 0.6) is 5.75 Å². The van der Waals surface area contributed by atoms with E-state index in [4.69, 9.17) is 22.1 Å². The van der Waals surface area contributed by atoms with E-state index in [9.17, 15) is 0 Å². The molecule has 0 fully saturated rings. The van der Waals surface area contributed by atoms with Gasteiger partial charge in [-0.3, -0.25) is 0 Å². The first-order chi connectivity index (χ1) is 9.01. The van der Waals surface area contributed by atoms with E-state index in [1.807, 2.05) is 31.2 Å². The Morgan fingerprint density at radius 3 is 2.63 bits per heavy atom. The first-order valence-corrected chi connectivity index (χ1v) is 6.84. The van der Waals surface area contributed by atoms with Gasteiger partial charge in [0.05, 0.1) is 23.5 Å². The van der Waals surface area contributed by atoms with Crippen LogP contribution in [0.1, 0.15) is 5.56 Å². The van der Waals surface area contributed by atoms with Crippen LogP contribution < -0.4 is 15.8 Å². The topological polar surface area (TPSA) is 47.3 Å². The van der Waals surface area contributed by atoms with Crippen LogP contribution in [0.4, 0.5) is 17.1 Å². The molecule has 0 aliphatic heterocycles. The number of halogens is 2. The molecule has 0 aliphatic rings. The molecule has 0 radical (unpaired) electrons. The number of rotatable bonds is 3. The Balaban J connectivity index is 2.38. The van der Waals surface area contributed by atoms with Gasteiger partial charge in [-0.2, -0.15) is 0 Å². The lowest BCUT2D eigenvalue weighted by Gasteiger charge is -2.13. The summed E-state index contributed by atoms with van der Waals surface area (Å²) in [5.74, 6) is 0.746. The summed E-state index contributed by atoms with van der Waals surface area (Å²) < 4.78 is 6.07. The second kappa shape index (κ2) is 5.72. The molecule has 100 valence electrons.